The van der Waals surface area contributed by atoms with Gasteiger partial charge in [-0.3, -0.25) is 14.6 Å². The lowest BCUT2D eigenvalue weighted by Gasteiger charge is -2.24. The number of halogens is 4. The van der Waals surface area contributed by atoms with Crippen LogP contribution in [0.15, 0.2) is 30.5 Å². The second-order valence-electron chi connectivity index (χ2n) is 8.69. The summed E-state index contributed by atoms with van der Waals surface area (Å²) in [6.07, 6.45) is -3.96. The number of phenols is 1. The van der Waals surface area contributed by atoms with Crippen LogP contribution >= 0.6 is 11.6 Å². The van der Waals surface area contributed by atoms with Crippen LogP contribution in [0.3, 0.4) is 0 Å². The maximum atomic E-state index is 13.1. The highest BCUT2D eigenvalue weighted by atomic mass is 35.5. The molecule has 1 aliphatic carbocycles. The monoisotopic (exact) mass is 485 g/mol. The topological polar surface area (TPSA) is 112 Å². The number of aliphatic hydroxyl groups is 1. The number of hydrogen-bond donors (Lipinski definition) is 4. The number of phenolic OH excluding ortho intramolecular Hbond substituents is 1. The zero-order valence-corrected chi connectivity index (χ0v) is 18.6. The van der Waals surface area contributed by atoms with E-state index in [1.165, 1.54) is 30.5 Å². The lowest BCUT2D eigenvalue weighted by Crippen LogP contribution is -2.48. The molecule has 178 valence electrons. The van der Waals surface area contributed by atoms with Crippen molar-refractivity contribution in [2.24, 2.45) is 0 Å². The van der Waals surface area contributed by atoms with Gasteiger partial charge >= 0.3 is 6.18 Å². The summed E-state index contributed by atoms with van der Waals surface area (Å²) in [5, 5.41) is 24.5. The first kappa shape index (κ1) is 24.8. The number of alkyl halides is 3. The highest BCUT2D eigenvalue weighted by Crippen LogP contribution is 2.49. The molecule has 0 unspecified atom stereocenters. The number of nitrogens with zero attached hydrogens (tertiary/aromatic N) is 1. The number of hydrogen-bond acceptors (Lipinski definition) is 5. The molecule has 7 nitrogen and oxygen atoms in total. The zero-order valence-electron chi connectivity index (χ0n) is 17.9. The van der Waals surface area contributed by atoms with Crippen LogP contribution < -0.4 is 10.6 Å². The summed E-state index contributed by atoms with van der Waals surface area (Å²) in [5.74, 6) is -1.64. The van der Waals surface area contributed by atoms with Crippen molar-refractivity contribution in [3.05, 3.63) is 52.3 Å². The highest BCUT2D eigenvalue weighted by molar-refractivity contribution is 6.31. The van der Waals surface area contributed by atoms with E-state index in [1.807, 2.05) is 5.32 Å². The minimum absolute atomic E-state index is 0.122. The molecule has 0 radical (unpaired) electrons. The third-order valence-electron chi connectivity index (χ3n) is 5.56. The lowest BCUT2D eigenvalue weighted by molar-refractivity contribution is -0.163. The molecule has 1 aliphatic rings. The molecule has 0 aliphatic heterocycles. The SMILES string of the molecule is CC(C)(CO)c1cc(Cl)c(CC(=O)Nc2ccnc(C(=O)NC3(C(F)(F)F)CC3)c2)cc1O. The quantitative estimate of drug-likeness (QED) is 0.477. The number of pyridine rings is 1. The smallest absolute Gasteiger partial charge is 0.411 e. The molecule has 1 fully saturated rings. The summed E-state index contributed by atoms with van der Waals surface area (Å²) in [6, 6.07) is 5.38. The van der Waals surface area contributed by atoms with Crippen LogP contribution in [-0.4, -0.2) is 45.3 Å². The Hall–Kier alpha value is -2.85. The van der Waals surface area contributed by atoms with Crippen molar-refractivity contribution in [3.63, 3.8) is 0 Å². The lowest BCUT2D eigenvalue weighted by atomic mass is 9.84. The maximum Gasteiger partial charge on any atom is 0.411 e. The van der Waals surface area contributed by atoms with Crippen LogP contribution in [0.4, 0.5) is 18.9 Å². The van der Waals surface area contributed by atoms with E-state index in [4.69, 9.17) is 11.6 Å². The molecule has 3 rings (SSSR count). The zero-order chi connectivity index (χ0) is 24.6. The maximum absolute atomic E-state index is 13.1. The number of aliphatic hydroxyl groups excluding tert-OH is 1. The average molecular weight is 486 g/mol. The normalized spacial score (nSPS) is 15.1. The first-order valence-electron chi connectivity index (χ1n) is 10.1. The van der Waals surface area contributed by atoms with Crippen molar-refractivity contribution in [1.29, 1.82) is 0 Å². The molecule has 2 amide bonds. The van der Waals surface area contributed by atoms with Crippen LogP contribution in [0.1, 0.15) is 48.3 Å². The van der Waals surface area contributed by atoms with E-state index in [-0.39, 0.29) is 48.0 Å². The Morgan fingerprint density at radius 1 is 1.21 bits per heavy atom. The van der Waals surface area contributed by atoms with Gasteiger partial charge in [0, 0.05) is 27.9 Å². The largest absolute Gasteiger partial charge is 0.508 e. The van der Waals surface area contributed by atoms with E-state index in [0.717, 1.165) is 0 Å². The minimum Gasteiger partial charge on any atom is -0.508 e. The highest BCUT2D eigenvalue weighted by Gasteiger charge is 2.64. The fraction of sp³-hybridized carbons (Fsp3) is 0.409. The van der Waals surface area contributed by atoms with Gasteiger partial charge in [-0.25, -0.2) is 0 Å². The Morgan fingerprint density at radius 2 is 1.88 bits per heavy atom. The van der Waals surface area contributed by atoms with Gasteiger partial charge in [-0.05, 0) is 42.7 Å². The molecule has 2 aromatic rings. The van der Waals surface area contributed by atoms with E-state index >= 15 is 0 Å². The number of anilines is 1. The number of rotatable bonds is 7. The summed E-state index contributed by atoms with van der Waals surface area (Å²) >= 11 is 6.25. The second-order valence-corrected chi connectivity index (χ2v) is 9.10. The molecule has 0 atom stereocenters. The van der Waals surface area contributed by atoms with Crippen molar-refractivity contribution >= 4 is 29.1 Å². The van der Waals surface area contributed by atoms with Crippen molar-refractivity contribution in [2.75, 3.05) is 11.9 Å². The van der Waals surface area contributed by atoms with Gasteiger partial charge in [0.05, 0.1) is 13.0 Å². The van der Waals surface area contributed by atoms with Crippen LogP contribution in [-0.2, 0) is 16.6 Å². The Morgan fingerprint density at radius 3 is 2.45 bits per heavy atom. The number of benzene rings is 1. The standard InChI is InChI=1S/C22H23ClF3N3O4/c1-20(2,11-30)14-10-15(23)12(7-17(14)31)8-18(32)28-13-3-6-27-16(9-13)19(33)29-21(4-5-21)22(24,25)26/h3,6-7,9-10,30-31H,4-5,8,11H2,1-2H3,(H,29,33)(H,27,28,32). The number of amides is 2. The summed E-state index contributed by atoms with van der Waals surface area (Å²) in [7, 11) is 0. The molecule has 0 spiro atoms. The molecule has 0 saturated heterocycles. The molecule has 11 heteroatoms. The predicted octanol–water partition coefficient (Wildman–Crippen LogP) is 3.72. The first-order valence-corrected chi connectivity index (χ1v) is 10.4. The summed E-state index contributed by atoms with van der Waals surface area (Å²) < 4.78 is 39.2. The van der Waals surface area contributed by atoms with Gasteiger partial charge in [-0.2, -0.15) is 13.2 Å². The van der Waals surface area contributed by atoms with E-state index in [1.54, 1.807) is 13.8 Å². The third kappa shape index (κ3) is 5.39. The third-order valence-corrected chi connectivity index (χ3v) is 5.91. The van der Waals surface area contributed by atoms with Crippen LogP contribution in [0.2, 0.25) is 5.02 Å². The Kier molecular flexibility index (Phi) is 6.63. The van der Waals surface area contributed by atoms with Gasteiger partial charge in [0.1, 0.15) is 17.0 Å². The first-order chi connectivity index (χ1) is 15.3. The number of carbonyl (C=O) groups excluding carboxylic acids is 2. The van der Waals surface area contributed by atoms with Crippen LogP contribution in [0.5, 0.6) is 5.75 Å². The molecule has 1 aromatic carbocycles. The Bertz CT molecular complexity index is 1090. The Balaban J connectivity index is 1.69. The van der Waals surface area contributed by atoms with Crippen molar-refractivity contribution in [2.45, 2.75) is 50.2 Å². The molecular weight excluding hydrogens is 463 g/mol. The van der Waals surface area contributed by atoms with Gasteiger partial charge in [0.15, 0.2) is 0 Å². The van der Waals surface area contributed by atoms with Gasteiger partial charge in [0.2, 0.25) is 5.91 Å². The molecule has 4 N–H and O–H groups in total. The van der Waals surface area contributed by atoms with Crippen LogP contribution in [0.25, 0.3) is 0 Å². The number of carbonyl (C=O) groups is 2. The molecule has 1 saturated carbocycles. The van der Waals surface area contributed by atoms with Gasteiger partial charge in [-0.15, -0.1) is 0 Å². The van der Waals surface area contributed by atoms with E-state index < -0.39 is 28.9 Å². The summed E-state index contributed by atoms with van der Waals surface area (Å²) in [4.78, 5) is 28.5. The van der Waals surface area contributed by atoms with E-state index in [2.05, 4.69) is 10.3 Å². The molecular formula is C22H23ClF3N3O4. The van der Waals surface area contributed by atoms with Crippen LogP contribution in [0, 0.1) is 0 Å². The van der Waals surface area contributed by atoms with Crippen molar-refractivity contribution in [1.82, 2.24) is 10.3 Å². The number of nitrogens with one attached hydrogen (secondary N) is 2. The van der Waals surface area contributed by atoms with E-state index in [9.17, 15) is 33.0 Å². The van der Waals surface area contributed by atoms with Gasteiger partial charge in [-0.1, -0.05) is 25.4 Å². The van der Waals surface area contributed by atoms with Gasteiger partial charge < -0.3 is 20.8 Å². The summed E-state index contributed by atoms with van der Waals surface area (Å²) in [5.41, 5.74) is -2.31. The Labute approximate surface area is 193 Å². The van der Waals surface area contributed by atoms with Crippen molar-refractivity contribution < 1.29 is 33.0 Å². The fourth-order valence-corrected chi connectivity index (χ4v) is 3.49. The number of aromatic nitrogens is 1. The molecule has 1 aromatic heterocycles. The number of aromatic hydroxyl groups is 1. The molecule has 0 bridgehead atoms. The minimum atomic E-state index is -4.55. The molecule has 33 heavy (non-hydrogen) atoms. The second kappa shape index (κ2) is 8.83. The molecule has 1 heterocycles. The van der Waals surface area contributed by atoms with Gasteiger partial charge in [0.25, 0.3) is 5.91 Å². The van der Waals surface area contributed by atoms with Crippen molar-refractivity contribution in [3.8, 4) is 5.75 Å². The van der Waals surface area contributed by atoms with E-state index in [0.29, 0.717) is 11.1 Å². The summed E-state index contributed by atoms with van der Waals surface area (Å²) in [6.45, 7) is 3.22. The predicted molar refractivity (Wildman–Crippen MR) is 115 cm³/mol. The fourth-order valence-electron chi connectivity index (χ4n) is 3.26. The average Bonchev–Trinajstić information content (AvgIpc) is 3.51.